The van der Waals surface area contributed by atoms with Gasteiger partial charge in [-0.3, -0.25) is 9.59 Å². The first kappa shape index (κ1) is 16.8. The zero-order valence-electron chi connectivity index (χ0n) is 13.9. The van der Waals surface area contributed by atoms with Gasteiger partial charge < -0.3 is 19.5 Å². The van der Waals surface area contributed by atoms with Crippen LogP contribution in [0.4, 0.5) is 5.69 Å². The van der Waals surface area contributed by atoms with E-state index in [0.717, 1.165) is 5.56 Å². The van der Waals surface area contributed by atoms with Crippen molar-refractivity contribution in [3.05, 3.63) is 54.1 Å². The molecule has 6 nitrogen and oxygen atoms in total. The van der Waals surface area contributed by atoms with Crippen molar-refractivity contribution in [1.29, 1.82) is 0 Å². The van der Waals surface area contributed by atoms with Gasteiger partial charge in [-0.1, -0.05) is 37.3 Å². The lowest BCUT2D eigenvalue weighted by molar-refractivity contribution is -0.147. The normalized spacial score (nSPS) is 13.2. The number of rotatable bonds is 6. The molecule has 0 bridgehead atoms. The number of hydrogen-bond acceptors (Lipinski definition) is 5. The molecule has 2 aromatic carbocycles. The molecule has 0 spiro atoms. The Bertz CT molecular complexity index is 760. The minimum absolute atomic E-state index is 0.0330. The van der Waals surface area contributed by atoms with E-state index in [-0.39, 0.29) is 25.7 Å². The van der Waals surface area contributed by atoms with Crippen molar-refractivity contribution in [3.8, 4) is 11.5 Å². The maximum atomic E-state index is 11.9. The molecule has 2 aromatic rings. The lowest BCUT2D eigenvalue weighted by Crippen LogP contribution is -2.21. The van der Waals surface area contributed by atoms with Gasteiger partial charge in [-0.2, -0.15) is 0 Å². The smallest absolute Gasteiger partial charge is 0.306 e. The summed E-state index contributed by atoms with van der Waals surface area (Å²) in [6.07, 6.45) is 0.224. The number of benzene rings is 2. The molecule has 25 heavy (non-hydrogen) atoms. The standard InChI is InChI=1S/C19H19NO5/c1-13(14-5-3-2-4-6-14)9-19(22)23-11-18(21)20-15-7-8-16-17(10-15)25-12-24-16/h2-8,10,13H,9,11-12H2,1H3,(H,20,21)/t13-/m1/s1. The Kier molecular flexibility index (Phi) is 5.18. The first-order valence-corrected chi connectivity index (χ1v) is 8.02. The van der Waals surface area contributed by atoms with E-state index in [9.17, 15) is 9.59 Å². The van der Waals surface area contributed by atoms with Crippen LogP contribution in [-0.2, 0) is 14.3 Å². The van der Waals surface area contributed by atoms with E-state index >= 15 is 0 Å². The van der Waals surface area contributed by atoms with Gasteiger partial charge in [0.05, 0.1) is 6.42 Å². The van der Waals surface area contributed by atoms with Gasteiger partial charge in [-0.05, 0) is 23.6 Å². The van der Waals surface area contributed by atoms with E-state index in [1.807, 2.05) is 37.3 Å². The summed E-state index contributed by atoms with van der Waals surface area (Å²) in [6, 6.07) is 14.8. The van der Waals surface area contributed by atoms with Gasteiger partial charge in [0, 0.05) is 11.8 Å². The Hall–Kier alpha value is -3.02. The Morgan fingerprint density at radius 2 is 1.88 bits per heavy atom. The van der Waals surface area contributed by atoms with Crippen LogP contribution < -0.4 is 14.8 Å². The maximum Gasteiger partial charge on any atom is 0.306 e. The molecule has 1 amide bonds. The minimum Gasteiger partial charge on any atom is -0.456 e. The van der Waals surface area contributed by atoms with E-state index in [1.165, 1.54) is 0 Å². The molecule has 0 aromatic heterocycles. The number of anilines is 1. The van der Waals surface area contributed by atoms with Gasteiger partial charge >= 0.3 is 5.97 Å². The maximum absolute atomic E-state index is 11.9. The van der Waals surface area contributed by atoms with Gasteiger partial charge in [0.25, 0.3) is 5.91 Å². The van der Waals surface area contributed by atoms with Gasteiger partial charge in [0.15, 0.2) is 18.1 Å². The van der Waals surface area contributed by atoms with Crippen molar-refractivity contribution < 1.29 is 23.8 Å². The van der Waals surface area contributed by atoms with Crippen molar-refractivity contribution in [2.24, 2.45) is 0 Å². The fourth-order valence-electron chi connectivity index (χ4n) is 2.53. The summed E-state index contributed by atoms with van der Waals surface area (Å²) in [7, 11) is 0. The molecule has 0 unspecified atom stereocenters. The molecule has 0 saturated carbocycles. The van der Waals surface area contributed by atoms with Gasteiger partial charge in [-0.25, -0.2) is 0 Å². The molecular weight excluding hydrogens is 322 g/mol. The number of amides is 1. The highest BCUT2D eigenvalue weighted by molar-refractivity contribution is 5.93. The van der Waals surface area contributed by atoms with Crippen molar-refractivity contribution in [2.75, 3.05) is 18.7 Å². The summed E-state index contributed by atoms with van der Waals surface area (Å²) < 4.78 is 15.5. The molecule has 1 aliphatic heterocycles. The zero-order chi connectivity index (χ0) is 17.6. The molecule has 1 atom stereocenters. The number of carbonyl (C=O) groups excluding carboxylic acids is 2. The van der Waals surface area contributed by atoms with Crippen LogP contribution in [0.1, 0.15) is 24.8 Å². The average molecular weight is 341 g/mol. The molecule has 3 rings (SSSR count). The third-order valence-electron chi connectivity index (χ3n) is 3.86. The van der Waals surface area contributed by atoms with Crippen molar-refractivity contribution in [2.45, 2.75) is 19.3 Å². The van der Waals surface area contributed by atoms with E-state index < -0.39 is 11.9 Å². The quantitative estimate of drug-likeness (QED) is 0.817. The van der Waals surface area contributed by atoms with E-state index in [1.54, 1.807) is 18.2 Å². The predicted molar refractivity (Wildman–Crippen MR) is 91.6 cm³/mol. The molecule has 130 valence electrons. The van der Waals surface area contributed by atoms with Crippen LogP contribution >= 0.6 is 0 Å². The van der Waals surface area contributed by atoms with Crippen LogP contribution in [0.15, 0.2) is 48.5 Å². The number of carbonyl (C=O) groups is 2. The first-order valence-electron chi connectivity index (χ1n) is 8.02. The molecule has 0 saturated heterocycles. The number of nitrogens with one attached hydrogen (secondary N) is 1. The van der Waals surface area contributed by atoms with E-state index in [2.05, 4.69) is 5.32 Å². The van der Waals surface area contributed by atoms with Crippen molar-refractivity contribution >= 4 is 17.6 Å². The first-order chi connectivity index (χ1) is 12.1. The van der Waals surface area contributed by atoms with Crippen LogP contribution in [0.5, 0.6) is 11.5 Å². The summed E-state index contributed by atoms with van der Waals surface area (Å²) in [4.78, 5) is 23.8. The molecule has 1 aliphatic rings. The Morgan fingerprint density at radius 1 is 1.12 bits per heavy atom. The third-order valence-corrected chi connectivity index (χ3v) is 3.86. The van der Waals surface area contributed by atoms with Crippen LogP contribution in [-0.4, -0.2) is 25.3 Å². The SMILES string of the molecule is C[C@H](CC(=O)OCC(=O)Nc1ccc2c(c1)OCO2)c1ccccc1. The van der Waals surface area contributed by atoms with E-state index in [0.29, 0.717) is 17.2 Å². The zero-order valence-corrected chi connectivity index (χ0v) is 13.9. The highest BCUT2D eigenvalue weighted by Gasteiger charge is 2.16. The number of hydrogen-bond donors (Lipinski definition) is 1. The summed E-state index contributed by atoms with van der Waals surface area (Å²) in [5.41, 5.74) is 1.62. The highest BCUT2D eigenvalue weighted by Crippen LogP contribution is 2.34. The molecule has 1 heterocycles. The second-order valence-electron chi connectivity index (χ2n) is 5.79. The molecule has 1 N–H and O–H groups in total. The summed E-state index contributed by atoms with van der Waals surface area (Å²) >= 11 is 0. The predicted octanol–water partition coefficient (Wildman–Crippen LogP) is 3.09. The van der Waals surface area contributed by atoms with Crippen molar-refractivity contribution in [3.63, 3.8) is 0 Å². The molecule has 0 aliphatic carbocycles. The molecule has 0 radical (unpaired) electrons. The van der Waals surface area contributed by atoms with E-state index in [4.69, 9.17) is 14.2 Å². The molecular formula is C19H19NO5. The van der Waals surface area contributed by atoms with Gasteiger partial charge in [-0.15, -0.1) is 0 Å². The second-order valence-corrected chi connectivity index (χ2v) is 5.79. The Balaban J connectivity index is 1.45. The Labute approximate surface area is 145 Å². The largest absolute Gasteiger partial charge is 0.456 e. The van der Waals surface area contributed by atoms with Crippen molar-refractivity contribution in [1.82, 2.24) is 0 Å². The number of ether oxygens (including phenoxy) is 3. The monoisotopic (exact) mass is 341 g/mol. The minimum atomic E-state index is -0.405. The summed E-state index contributed by atoms with van der Waals surface area (Å²) in [5, 5.41) is 2.66. The summed E-state index contributed by atoms with van der Waals surface area (Å²) in [6.45, 7) is 1.79. The summed E-state index contributed by atoms with van der Waals surface area (Å²) in [5.74, 6) is 0.438. The van der Waals surface area contributed by atoms with Crippen LogP contribution in [0.3, 0.4) is 0 Å². The number of fused-ring (bicyclic) bond motifs is 1. The van der Waals surface area contributed by atoms with Gasteiger partial charge in [0.1, 0.15) is 0 Å². The molecule has 0 fully saturated rings. The topological polar surface area (TPSA) is 73.9 Å². The average Bonchev–Trinajstić information content (AvgIpc) is 3.08. The second kappa shape index (κ2) is 7.70. The van der Waals surface area contributed by atoms with Crippen LogP contribution in [0.25, 0.3) is 0 Å². The lowest BCUT2D eigenvalue weighted by Gasteiger charge is -2.11. The fraction of sp³-hybridized carbons (Fsp3) is 0.263. The van der Waals surface area contributed by atoms with Crippen LogP contribution in [0, 0.1) is 0 Å². The lowest BCUT2D eigenvalue weighted by atomic mass is 9.98. The van der Waals surface area contributed by atoms with Crippen LogP contribution in [0.2, 0.25) is 0 Å². The fourth-order valence-corrected chi connectivity index (χ4v) is 2.53. The third kappa shape index (κ3) is 4.50. The Morgan fingerprint density at radius 3 is 2.68 bits per heavy atom. The highest BCUT2D eigenvalue weighted by atomic mass is 16.7. The molecule has 6 heteroatoms. The number of esters is 1. The van der Waals surface area contributed by atoms with Gasteiger partial charge in [0.2, 0.25) is 6.79 Å².